The molecule has 7 nitrogen and oxygen atoms in total. The van der Waals surface area contributed by atoms with Gasteiger partial charge in [-0.05, 0) is 25.0 Å². The fourth-order valence-corrected chi connectivity index (χ4v) is 3.98. The predicted molar refractivity (Wildman–Crippen MR) is 97.7 cm³/mol. The molecule has 0 saturated carbocycles. The zero-order chi connectivity index (χ0) is 18.7. The van der Waals surface area contributed by atoms with E-state index in [1.165, 1.54) is 0 Å². The van der Waals surface area contributed by atoms with Crippen LogP contribution in [0.15, 0.2) is 24.3 Å². The summed E-state index contributed by atoms with van der Waals surface area (Å²) in [5, 5.41) is 2.90. The first-order chi connectivity index (χ1) is 13.2. The Morgan fingerprint density at radius 1 is 1.22 bits per heavy atom. The molecule has 0 aromatic heterocycles. The van der Waals surface area contributed by atoms with Crippen molar-refractivity contribution in [2.24, 2.45) is 0 Å². The SMILES string of the molecule is O=C(CN1CC2(CCOCC2)Oc2ccccc2C1=O)NC[C@H]1CCCO1. The lowest BCUT2D eigenvalue weighted by atomic mass is 9.93. The fraction of sp³-hybridized carbons (Fsp3) is 0.600. The predicted octanol–water partition coefficient (Wildman–Crippen LogP) is 1.37. The fourth-order valence-electron chi connectivity index (χ4n) is 3.98. The summed E-state index contributed by atoms with van der Waals surface area (Å²) in [5.74, 6) is 0.258. The molecule has 1 spiro atoms. The molecule has 1 N–H and O–H groups in total. The maximum atomic E-state index is 13.1. The standard InChI is InChI=1S/C20H26N2O5/c23-18(21-12-15-4-3-9-26-15)13-22-14-20(7-10-25-11-8-20)27-17-6-2-1-5-16(17)19(22)24/h1-2,5-6,15H,3-4,7-14H2,(H,21,23)/t15-/m1/s1. The summed E-state index contributed by atoms with van der Waals surface area (Å²) in [6, 6.07) is 7.26. The van der Waals surface area contributed by atoms with Crippen LogP contribution in [-0.2, 0) is 14.3 Å². The Bertz CT molecular complexity index is 695. The average molecular weight is 374 g/mol. The van der Waals surface area contributed by atoms with Gasteiger partial charge in [-0.15, -0.1) is 0 Å². The van der Waals surface area contributed by atoms with E-state index >= 15 is 0 Å². The third-order valence-electron chi connectivity index (χ3n) is 5.50. The van der Waals surface area contributed by atoms with Crippen molar-refractivity contribution in [2.45, 2.75) is 37.4 Å². The van der Waals surface area contributed by atoms with Gasteiger partial charge >= 0.3 is 0 Å². The van der Waals surface area contributed by atoms with Crippen molar-refractivity contribution in [3.8, 4) is 5.75 Å². The van der Waals surface area contributed by atoms with Crippen molar-refractivity contribution >= 4 is 11.8 Å². The van der Waals surface area contributed by atoms with Gasteiger partial charge in [0.15, 0.2) is 0 Å². The molecule has 27 heavy (non-hydrogen) atoms. The molecular formula is C20H26N2O5. The van der Waals surface area contributed by atoms with Crippen LogP contribution >= 0.6 is 0 Å². The molecule has 4 rings (SSSR count). The zero-order valence-corrected chi connectivity index (χ0v) is 15.4. The number of para-hydroxylation sites is 1. The third-order valence-corrected chi connectivity index (χ3v) is 5.50. The highest BCUT2D eigenvalue weighted by Gasteiger charge is 2.42. The van der Waals surface area contributed by atoms with E-state index in [0.717, 1.165) is 19.4 Å². The summed E-state index contributed by atoms with van der Waals surface area (Å²) in [6.45, 7) is 2.84. The minimum Gasteiger partial charge on any atom is -0.484 e. The lowest BCUT2D eigenvalue weighted by molar-refractivity contribution is -0.123. The smallest absolute Gasteiger partial charge is 0.258 e. The van der Waals surface area contributed by atoms with Crippen molar-refractivity contribution < 1.29 is 23.8 Å². The minimum absolute atomic E-state index is 0.0197. The molecule has 0 bridgehead atoms. The van der Waals surface area contributed by atoms with Crippen LogP contribution in [0.5, 0.6) is 5.75 Å². The van der Waals surface area contributed by atoms with Crippen LogP contribution in [0.4, 0.5) is 0 Å². The van der Waals surface area contributed by atoms with Crippen molar-refractivity contribution in [3.05, 3.63) is 29.8 Å². The van der Waals surface area contributed by atoms with E-state index in [1.54, 1.807) is 11.0 Å². The normalized spacial score (nSPS) is 24.2. The minimum atomic E-state index is -0.505. The molecule has 3 heterocycles. The number of carbonyl (C=O) groups excluding carboxylic acids is 2. The van der Waals surface area contributed by atoms with Gasteiger partial charge in [-0.1, -0.05) is 12.1 Å². The second-order valence-electron chi connectivity index (χ2n) is 7.49. The van der Waals surface area contributed by atoms with Crippen LogP contribution in [0.1, 0.15) is 36.0 Å². The number of nitrogens with zero attached hydrogens (tertiary/aromatic N) is 1. The second kappa shape index (κ2) is 7.86. The maximum Gasteiger partial charge on any atom is 0.258 e. The molecule has 2 saturated heterocycles. The third kappa shape index (κ3) is 4.09. The van der Waals surface area contributed by atoms with Gasteiger partial charge in [-0.3, -0.25) is 9.59 Å². The Morgan fingerprint density at radius 2 is 2.04 bits per heavy atom. The van der Waals surface area contributed by atoms with E-state index in [9.17, 15) is 9.59 Å². The lowest BCUT2D eigenvalue weighted by Crippen LogP contribution is -2.52. The summed E-state index contributed by atoms with van der Waals surface area (Å²) in [5.41, 5.74) is 0.00261. The summed E-state index contributed by atoms with van der Waals surface area (Å²) < 4.78 is 17.3. The van der Waals surface area contributed by atoms with Crippen molar-refractivity contribution in [1.29, 1.82) is 0 Å². The molecule has 1 atom stereocenters. The molecule has 2 amide bonds. The number of nitrogens with one attached hydrogen (secondary N) is 1. The van der Waals surface area contributed by atoms with E-state index in [4.69, 9.17) is 14.2 Å². The Morgan fingerprint density at radius 3 is 2.81 bits per heavy atom. The molecule has 1 aromatic rings. The summed E-state index contributed by atoms with van der Waals surface area (Å²) in [7, 11) is 0. The average Bonchev–Trinajstić information content (AvgIpc) is 3.17. The molecule has 3 aliphatic rings. The first-order valence-corrected chi connectivity index (χ1v) is 9.69. The van der Waals surface area contributed by atoms with Crippen molar-refractivity contribution in [3.63, 3.8) is 0 Å². The molecule has 146 valence electrons. The van der Waals surface area contributed by atoms with Gasteiger partial charge in [-0.2, -0.15) is 0 Å². The number of amides is 2. The van der Waals surface area contributed by atoms with Crippen LogP contribution < -0.4 is 10.1 Å². The first-order valence-electron chi connectivity index (χ1n) is 9.69. The molecular weight excluding hydrogens is 348 g/mol. The molecule has 3 aliphatic heterocycles. The van der Waals surface area contributed by atoms with Crippen molar-refractivity contribution in [1.82, 2.24) is 10.2 Å². The van der Waals surface area contributed by atoms with Gasteiger partial charge in [0.2, 0.25) is 5.91 Å². The second-order valence-corrected chi connectivity index (χ2v) is 7.49. The van der Waals surface area contributed by atoms with E-state index in [0.29, 0.717) is 50.5 Å². The topological polar surface area (TPSA) is 77.1 Å². The summed E-state index contributed by atoms with van der Waals surface area (Å²) in [6.07, 6.45) is 3.47. The van der Waals surface area contributed by atoms with Gasteiger partial charge in [0.1, 0.15) is 11.4 Å². The van der Waals surface area contributed by atoms with E-state index < -0.39 is 5.60 Å². The highest BCUT2D eigenvalue weighted by atomic mass is 16.5. The summed E-state index contributed by atoms with van der Waals surface area (Å²) in [4.78, 5) is 27.2. The molecule has 0 aliphatic carbocycles. The number of carbonyl (C=O) groups is 2. The zero-order valence-electron chi connectivity index (χ0n) is 15.4. The van der Waals surface area contributed by atoms with Crippen LogP contribution in [-0.4, -0.2) is 67.9 Å². The molecule has 0 unspecified atom stereocenters. The maximum absolute atomic E-state index is 13.1. The van der Waals surface area contributed by atoms with Crippen LogP contribution in [0.2, 0.25) is 0 Å². The molecule has 7 heteroatoms. The van der Waals surface area contributed by atoms with E-state index in [1.807, 2.05) is 18.2 Å². The number of ether oxygens (including phenoxy) is 3. The number of rotatable bonds is 4. The Balaban J connectivity index is 1.49. The van der Waals surface area contributed by atoms with Gasteiger partial charge in [0.05, 0.1) is 38.0 Å². The van der Waals surface area contributed by atoms with Gasteiger partial charge in [-0.25, -0.2) is 0 Å². The van der Waals surface area contributed by atoms with Gasteiger partial charge in [0, 0.05) is 26.0 Å². The number of hydrogen-bond acceptors (Lipinski definition) is 5. The van der Waals surface area contributed by atoms with Gasteiger partial charge in [0.25, 0.3) is 5.91 Å². The van der Waals surface area contributed by atoms with E-state index in [2.05, 4.69) is 5.32 Å². The molecule has 1 aromatic carbocycles. The lowest BCUT2D eigenvalue weighted by Gasteiger charge is -2.38. The van der Waals surface area contributed by atoms with Gasteiger partial charge < -0.3 is 24.4 Å². The summed E-state index contributed by atoms with van der Waals surface area (Å²) >= 11 is 0. The van der Waals surface area contributed by atoms with E-state index in [-0.39, 0.29) is 24.5 Å². The molecule has 2 fully saturated rings. The quantitative estimate of drug-likeness (QED) is 0.861. The highest BCUT2D eigenvalue weighted by Crippen LogP contribution is 2.34. The number of benzene rings is 1. The van der Waals surface area contributed by atoms with Crippen molar-refractivity contribution in [2.75, 3.05) is 39.5 Å². The molecule has 0 radical (unpaired) electrons. The Hall–Kier alpha value is -2.12. The number of fused-ring (bicyclic) bond motifs is 1. The Labute approximate surface area is 158 Å². The largest absolute Gasteiger partial charge is 0.484 e. The Kier molecular flexibility index (Phi) is 5.31. The first kappa shape index (κ1) is 18.3. The monoisotopic (exact) mass is 374 g/mol. The van der Waals surface area contributed by atoms with Crippen LogP contribution in [0.3, 0.4) is 0 Å². The van der Waals surface area contributed by atoms with Crippen LogP contribution in [0, 0.1) is 0 Å². The van der Waals surface area contributed by atoms with Crippen LogP contribution in [0.25, 0.3) is 0 Å². The highest BCUT2D eigenvalue weighted by molar-refractivity contribution is 5.99. The number of hydrogen-bond donors (Lipinski definition) is 1.